The number of nitrogens with one attached hydrogen (secondary N) is 1. The quantitative estimate of drug-likeness (QED) is 0.836. The molecule has 0 saturated carbocycles. The van der Waals surface area contributed by atoms with Gasteiger partial charge < -0.3 is 10.2 Å². The third kappa shape index (κ3) is 3.71. The molecule has 2 rings (SSSR count). The number of halogens is 1. The predicted octanol–water partition coefficient (Wildman–Crippen LogP) is 1.58. The molecule has 1 saturated heterocycles. The van der Waals surface area contributed by atoms with Crippen LogP contribution in [-0.4, -0.2) is 45.3 Å². The SMILES string of the molecule is Cn1cc([C@H]2[C@@H](C(=O)NCCCF)CC(=O)N2C(C)(C)C)cn1. The van der Waals surface area contributed by atoms with E-state index in [1.807, 2.05) is 27.0 Å². The van der Waals surface area contributed by atoms with E-state index in [9.17, 15) is 14.0 Å². The van der Waals surface area contributed by atoms with E-state index in [2.05, 4.69) is 10.4 Å². The molecule has 0 bridgehead atoms. The summed E-state index contributed by atoms with van der Waals surface area (Å²) in [5.74, 6) is -0.727. The summed E-state index contributed by atoms with van der Waals surface area (Å²) in [4.78, 5) is 26.8. The van der Waals surface area contributed by atoms with E-state index in [1.54, 1.807) is 22.8 Å². The van der Waals surface area contributed by atoms with Gasteiger partial charge in [-0.2, -0.15) is 5.10 Å². The maximum Gasteiger partial charge on any atom is 0.226 e. The third-order valence-electron chi connectivity index (χ3n) is 4.06. The van der Waals surface area contributed by atoms with Crippen LogP contribution in [0.2, 0.25) is 0 Å². The molecule has 1 N–H and O–H groups in total. The van der Waals surface area contributed by atoms with Crippen LogP contribution in [0.3, 0.4) is 0 Å². The first-order chi connectivity index (χ1) is 10.8. The first kappa shape index (κ1) is 17.4. The van der Waals surface area contributed by atoms with E-state index in [0.717, 1.165) is 5.56 Å². The molecular formula is C16H25FN4O2. The summed E-state index contributed by atoms with van der Waals surface area (Å²) in [5, 5.41) is 6.91. The highest BCUT2D eigenvalue weighted by Gasteiger charge is 2.48. The zero-order valence-electron chi connectivity index (χ0n) is 14.2. The largest absolute Gasteiger partial charge is 0.356 e. The number of alkyl halides is 1. The number of amides is 2. The molecule has 1 aliphatic heterocycles. The van der Waals surface area contributed by atoms with E-state index in [4.69, 9.17) is 0 Å². The van der Waals surface area contributed by atoms with Crippen LogP contribution in [0.5, 0.6) is 0 Å². The van der Waals surface area contributed by atoms with Crippen LogP contribution in [0.25, 0.3) is 0 Å². The van der Waals surface area contributed by atoms with Crippen molar-refractivity contribution in [3.8, 4) is 0 Å². The highest BCUT2D eigenvalue weighted by Crippen LogP contribution is 2.42. The lowest BCUT2D eigenvalue weighted by Crippen LogP contribution is -2.45. The van der Waals surface area contributed by atoms with Crippen LogP contribution in [0.4, 0.5) is 4.39 Å². The summed E-state index contributed by atoms with van der Waals surface area (Å²) in [6, 6.07) is -0.346. The zero-order valence-corrected chi connectivity index (χ0v) is 14.2. The minimum atomic E-state index is -0.481. The fourth-order valence-corrected chi connectivity index (χ4v) is 3.14. The van der Waals surface area contributed by atoms with E-state index >= 15 is 0 Å². The molecule has 23 heavy (non-hydrogen) atoms. The summed E-state index contributed by atoms with van der Waals surface area (Å²) in [5.41, 5.74) is 0.449. The van der Waals surface area contributed by atoms with Gasteiger partial charge in [-0.25, -0.2) is 0 Å². The fourth-order valence-electron chi connectivity index (χ4n) is 3.14. The molecular weight excluding hydrogens is 299 g/mol. The maximum absolute atomic E-state index is 12.5. The summed E-state index contributed by atoms with van der Waals surface area (Å²) in [6.45, 7) is 5.69. The van der Waals surface area contributed by atoms with Crippen molar-refractivity contribution >= 4 is 11.8 Å². The van der Waals surface area contributed by atoms with Crippen molar-refractivity contribution in [2.45, 2.75) is 45.2 Å². The van der Waals surface area contributed by atoms with Gasteiger partial charge in [0.2, 0.25) is 11.8 Å². The van der Waals surface area contributed by atoms with Gasteiger partial charge in [0.05, 0.1) is 24.8 Å². The molecule has 1 fully saturated rings. The zero-order chi connectivity index (χ0) is 17.2. The molecule has 7 heteroatoms. The highest BCUT2D eigenvalue weighted by molar-refractivity contribution is 5.90. The van der Waals surface area contributed by atoms with Crippen molar-refractivity contribution in [2.75, 3.05) is 13.2 Å². The molecule has 0 spiro atoms. The van der Waals surface area contributed by atoms with Crippen LogP contribution < -0.4 is 5.32 Å². The van der Waals surface area contributed by atoms with Crippen molar-refractivity contribution in [1.82, 2.24) is 20.0 Å². The van der Waals surface area contributed by atoms with E-state index < -0.39 is 18.1 Å². The third-order valence-corrected chi connectivity index (χ3v) is 4.06. The summed E-state index contributed by atoms with van der Waals surface area (Å²) in [7, 11) is 1.80. The van der Waals surface area contributed by atoms with Gasteiger partial charge in [0.15, 0.2) is 0 Å². The second-order valence-corrected chi connectivity index (χ2v) is 6.97. The summed E-state index contributed by atoms with van der Waals surface area (Å²) in [6.07, 6.45) is 3.99. The Morgan fingerprint density at radius 3 is 2.70 bits per heavy atom. The monoisotopic (exact) mass is 324 g/mol. The molecule has 1 aromatic rings. The Morgan fingerprint density at radius 1 is 1.48 bits per heavy atom. The van der Waals surface area contributed by atoms with Crippen molar-refractivity contribution in [3.63, 3.8) is 0 Å². The topological polar surface area (TPSA) is 67.2 Å². The van der Waals surface area contributed by atoms with Crippen molar-refractivity contribution in [3.05, 3.63) is 18.0 Å². The summed E-state index contributed by atoms with van der Waals surface area (Å²) >= 11 is 0. The lowest BCUT2D eigenvalue weighted by atomic mass is 9.92. The highest BCUT2D eigenvalue weighted by atomic mass is 19.1. The van der Waals surface area contributed by atoms with Gasteiger partial charge in [-0.15, -0.1) is 0 Å². The Labute approximate surface area is 136 Å². The molecule has 1 aromatic heterocycles. The van der Waals surface area contributed by atoms with E-state index in [1.165, 1.54) is 0 Å². The maximum atomic E-state index is 12.5. The minimum absolute atomic E-state index is 0.0444. The Balaban J connectivity index is 2.30. The van der Waals surface area contributed by atoms with Crippen LogP contribution >= 0.6 is 0 Å². The van der Waals surface area contributed by atoms with E-state index in [0.29, 0.717) is 0 Å². The predicted molar refractivity (Wildman–Crippen MR) is 84.3 cm³/mol. The van der Waals surface area contributed by atoms with E-state index in [-0.39, 0.29) is 37.2 Å². The molecule has 2 atom stereocenters. The van der Waals surface area contributed by atoms with Crippen LogP contribution in [-0.2, 0) is 16.6 Å². The van der Waals surface area contributed by atoms with Crippen LogP contribution in [0.15, 0.2) is 12.4 Å². The fraction of sp³-hybridized carbons (Fsp3) is 0.688. The number of hydrogen-bond acceptors (Lipinski definition) is 3. The van der Waals surface area contributed by atoms with Crippen molar-refractivity contribution < 1.29 is 14.0 Å². The number of carbonyl (C=O) groups excluding carboxylic acids is 2. The Kier molecular flexibility index (Phi) is 5.06. The van der Waals surface area contributed by atoms with Crippen LogP contribution in [0, 0.1) is 5.92 Å². The van der Waals surface area contributed by atoms with Crippen LogP contribution in [0.1, 0.15) is 45.2 Å². The first-order valence-electron chi connectivity index (χ1n) is 7.90. The normalized spacial score (nSPS) is 21.8. The molecule has 0 aromatic carbocycles. The number of hydrogen-bond donors (Lipinski definition) is 1. The summed E-state index contributed by atoms with van der Waals surface area (Å²) < 4.78 is 13.9. The lowest BCUT2D eigenvalue weighted by Gasteiger charge is -2.38. The van der Waals surface area contributed by atoms with Crippen molar-refractivity contribution in [2.24, 2.45) is 13.0 Å². The van der Waals surface area contributed by atoms with Gasteiger partial charge in [0.1, 0.15) is 0 Å². The number of aromatic nitrogens is 2. The van der Waals surface area contributed by atoms with Gasteiger partial charge in [-0.1, -0.05) is 0 Å². The molecule has 6 nitrogen and oxygen atoms in total. The first-order valence-corrected chi connectivity index (χ1v) is 7.90. The molecule has 0 unspecified atom stereocenters. The standard InChI is InChI=1S/C16H25FN4O2/c1-16(2,3)21-13(22)8-12(15(23)18-7-5-6-17)14(21)11-9-19-20(4)10-11/h9-10,12,14H,5-8H2,1-4H3,(H,18,23)/t12-,14-/m0/s1. The van der Waals surface area contributed by atoms with Gasteiger partial charge in [-0.05, 0) is 27.2 Å². The Bertz CT molecular complexity index is 579. The minimum Gasteiger partial charge on any atom is -0.356 e. The average molecular weight is 324 g/mol. The molecule has 0 radical (unpaired) electrons. The lowest BCUT2D eigenvalue weighted by molar-refractivity contribution is -0.133. The molecule has 128 valence electrons. The second kappa shape index (κ2) is 6.68. The Hall–Kier alpha value is -1.92. The van der Waals surface area contributed by atoms with Crippen molar-refractivity contribution in [1.29, 1.82) is 0 Å². The van der Waals surface area contributed by atoms with Gasteiger partial charge in [0.25, 0.3) is 0 Å². The number of nitrogens with zero attached hydrogens (tertiary/aromatic N) is 3. The molecule has 2 heterocycles. The Morgan fingerprint density at radius 2 is 2.17 bits per heavy atom. The number of aryl methyl sites for hydroxylation is 1. The molecule has 0 aliphatic carbocycles. The van der Waals surface area contributed by atoms with Gasteiger partial charge in [0, 0.05) is 37.3 Å². The van der Waals surface area contributed by atoms with Gasteiger partial charge >= 0.3 is 0 Å². The molecule has 1 aliphatic rings. The average Bonchev–Trinajstić information content (AvgIpc) is 3.01. The number of rotatable bonds is 5. The smallest absolute Gasteiger partial charge is 0.226 e. The number of likely N-dealkylation sites (tertiary alicyclic amines) is 1. The number of carbonyl (C=O) groups is 2. The second-order valence-electron chi connectivity index (χ2n) is 6.97. The molecule has 2 amide bonds. The van der Waals surface area contributed by atoms with Gasteiger partial charge in [-0.3, -0.25) is 18.7 Å².